The van der Waals surface area contributed by atoms with Gasteiger partial charge in [-0.1, -0.05) is 11.6 Å². The van der Waals surface area contributed by atoms with Crippen molar-refractivity contribution in [2.45, 2.75) is 32.1 Å². The van der Waals surface area contributed by atoms with Gasteiger partial charge < -0.3 is 10.1 Å². The second-order valence-corrected chi connectivity index (χ2v) is 5.78. The number of ether oxygens (including phenoxy) is 1. The Morgan fingerprint density at radius 3 is 2.61 bits per heavy atom. The summed E-state index contributed by atoms with van der Waals surface area (Å²) in [6, 6.07) is 1.94. The summed E-state index contributed by atoms with van der Waals surface area (Å²) >= 11 is 12.6. The number of hydrogen-bond donors (Lipinski definition) is 1. The van der Waals surface area contributed by atoms with Crippen LogP contribution in [0.3, 0.4) is 0 Å². The summed E-state index contributed by atoms with van der Waals surface area (Å²) in [5.41, 5.74) is 3.34. The lowest BCUT2D eigenvalue weighted by atomic mass is 9.87. The third-order valence-corrected chi connectivity index (χ3v) is 4.09. The quantitative estimate of drug-likeness (QED) is 0.844. The molecule has 0 bridgehead atoms. The molecule has 2 rings (SSSR count). The van der Waals surface area contributed by atoms with Crippen molar-refractivity contribution >= 4 is 23.2 Å². The summed E-state index contributed by atoms with van der Waals surface area (Å²) in [6.45, 7) is 8.62. The first-order valence-electron chi connectivity index (χ1n) is 6.36. The maximum absolute atomic E-state index is 6.33. The van der Waals surface area contributed by atoms with Crippen LogP contribution in [0.5, 0.6) is 5.75 Å². The van der Waals surface area contributed by atoms with Gasteiger partial charge in [-0.15, -0.1) is 11.6 Å². The molecule has 1 fully saturated rings. The summed E-state index contributed by atoms with van der Waals surface area (Å²) < 4.78 is 5.85. The topological polar surface area (TPSA) is 21.3 Å². The maximum atomic E-state index is 6.33. The van der Waals surface area contributed by atoms with E-state index in [1.54, 1.807) is 0 Å². The first kappa shape index (κ1) is 14.0. The van der Waals surface area contributed by atoms with E-state index in [1.165, 1.54) is 5.56 Å². The Balaban J connectivity index is 2.57. The molecule has 2 nitrogen and oxygen atoms in total. The molecule has 1 N–H and O–H groups in total. The zero-order chi connectivity index (χ0) is 13.3. The SMILES string of the molecule is CCOc1c(C(C)Cl)cc(Cl)c(C)c1C1CNC1. The van der Waals surface area contributed by atoms with Gasteiger partial charge in [0.2, 0.25) is 0 Å². The fourth-order valence-electron chi connectivity index (χ4n) is 2.35. The molecule has 4 heteroatoms. The third-order valence-electron chi connectivity index (χ3n) is 3.46. The zero-order valence-electron chi connectivity index (χ0n) is 11.0. The van der Waals surface area contributed by atoms with Gasteiger partial charge >= 0.3 is 0 Å². The van der Waals surface area contributed by atoms with Crippen molar-refractivity contribution in [2.75, 3.05) is 19.7 Å². The zero-order valence-corrected chi connectivity index (χ0v) is 12.5. The van der Waals surface area contributed by atoms with Gasteiger partial charge in [0.15, 0.2) is 0 Å². The first-order valence-corrected chi connectivity index (χ1v) is 7.18. The largest absolute Gasteiger partial charge is 0.493 e. The van der Waals surface area contributed by atoms with Crippen LogP contribution < -0.4 is 10.1 Å². The molecule has 1 aromatic carbocycles. The van der Waals surface area contributed by atoms with Crippen LogP contribution in [0, 0.1) is 6.92 Å². The Bertz CT molecular complexity index is 442. The molecule has 100 valence electrons. The molecule has 0 aliphatic carbocycles. The minimum Gasteiger partial charge on any atom is -0.493 e. The molecule has 1 aromatic rings. The molecule has 0 saturated carbocycles. The van der Waals surface area contributed by atoms with Crippen LogP contribution in [-0.2, 0) is 0 Å². The van der Waals surface area contributed by atoms with Crippen LogP contribution in [0.15, 0.2) is 6.07 Å². The summed E-state index contributed by atoms with van der Waals surface area (Å²) in [6.07, 6.45) is 0. The van der Waals surface area contributed by atoms with E-state index in [9.17, 15) is 0 Å². The van der Waals surface area contributed by atoms with E-state index in [2.05, 4.69) is 12.2 Å². The monoisotopic (exact) mass is 287 g/mol. The average Bonchev–Trinajstić information content (AvgIpc) is 2.25. The maximum Gasteiger partial charge on any atom is 0.127 e. The summed E-state index contributed by atoms with van der Waals surface area (Å²) in [5, 5.41) is 3.97. The highest BCUT2D eigenvalue weighted by Gasteiger charge is 2.28. The van der Waals surface area contributed by atoms with Gasteiger partial charge in [0.1, 0.15) is 5.75 Å². The Morgan fingerprint density at radius 2 is 2.17 bits per heavy atom. The molecule has 0 aromatic heterocycles. The molecule has 0 radical (unpaired) electrons. The van der Waals surface area contributed by atoms with E-state index < -0.39 is 0 Å². The van der Waals surface area contributed by atoms with Crippen molar-refractivity contribution in [3.63, 3.8) is 0 Å². The van der Waals surface area contributed by atoms with Gasteiger partial charge in [-0.25, -0.2) is 0 Å². The van der Waals surface area contributed by atoms with Gasteiger partial charge in [-0.05, 0) is 32.4 Å². The molecular formula is C14H19Cl2NO. The van der Waals surface area contributed by atoms with Crippen LogP contribution >= 0.6 is 23.2 Å². The molecular weight excluding hydrogens is 269 g/mol. The van der Waals surface area contributed by atoms with Gasteiger partial charge in [0.05, 0.1) is 12.0 Å². The normalized spacial score (nSPS) is 17.4. The van der Waals surface area contributed by atoms with E-state index in [0.717, 1.165) is 35.0 Å². The smallest absolute Gasteiger partial charge is 0.127 e. The van der Waals surface area contributed by atoms with Crippen molar-refractivity contribution in [3.8, 4) is 5.75 Å². The molecule has 0 amide bonds. The highest BCUT2D eigenvalue weighted by Crippen LogP contribution is 2.42. The average molecular weight is 288 g/mol. The first-order chi connectivity index (χ1) is 8.56. The minimum absolute atomic E-state index is 0.101. The van der Waals surface area contributed by atoms with E-state index >= 15 is 0 Å². The van der Waals surface area contributed by atoms with E-state index in [4.69, 9.17) is 27.9 Å². The fraction of sp³-hybridized carbons (Fsp3) is 0.571. The number of alkyl halides is 1. The molecule has 18 heavy (non-hydrogen) atoms. The standard InChI is InChI=1S/C14H19Cl2NO/c1-4-18-14-11(9(3)15)5-12(16)8(2)13(14)10-6-17-7-10/h5,9-10,17H,4,6-7H2,1-3H3. The predicted octanol–water partition coefficient (Wildman–Crippen LogP) is 4.03. The summed E-state index contributed by atoms with van der Waals surface area (Å²) in [4.78, 5) is 0. The third kappa shape index (κ3) is 2.47. The van der Waals surface area contributed by atoms with Crippen LogP contribution in [0.2, 0.25) is 5.02 Å². The second-order valence-electron chi connectivity index (χ2n) is 4.72. The molecule has 1 aliphatic heterocycles. The molecule has 1 unspecified atom stereocenters. The van der Waals surface area contributed by atoms with Crippen molar-refractivity contribution < 1.29 is 4.74 Å². The summed E-state index contributed by atoms with van der Waals surface area (Å²) in [5.74, 6) is 1.42. The van der Waals surface area contributed by atoms with Crippen molar-refractivity contribution in [3.05, 3.63) is 27.8 Å². The Hall–Kier alpha value is -0.440. The molecule has 1 aliphatic rings. The lowest BCUT2D eigenvalue weighted by molar-refractivity contribution is 0.323. The molecule has 1 saturated heterocycles. The lowest BCUT2D eigenvalue weighted by Crippen LogP contribution is -2.40. The van der Waals surface area contributed by atoms with Crippen molar-refractivity contribution in [1.82, 2.24) is 5.32 Å². The van der Waals surface area contributed by atoms with E-state index in [1.807, 2.05) is 19.9 Å². The Labute approximate surface area is 119 Å². The number of rotatable bonds is 4. The van der Waals surface area contributed by atoms with Crippen LogP contribution in [0.1, 0.15) is 41.8 Å². The highest BCUT2D eigenvalue weighted by molar-refractivity contribution is 6.31. The van der Waals surface area contributed by atoms with Gasteiger partial charge in [0, 0.05) is 35.2 Å². The van der Waals surface area contributed by atoms with Crippen molar-refractivity contribution in [2.24, 2.45) is 0 Å². The van der Waals surface area contributed by atoms with Crippen LogP contribution in [0.25, 0.3) is 0 Å². The fourth-order valence-corrected chi connectivity index (χ4v) is 2.73. The Morgan fingerprint density at radius 1 is 1.50 bits per heavy atom. The molecule has 1 heterocycles. The molecule has 1 atom stereocenters. The number of halogens is 2. The minimum atomic E-state index is -0.101. The van der Waals surface area contributed by atoms with Gasteiger partial charge in [-0.2, -0.15) is 0 Å². The van der Waals surface area contributed by atoms with Crippen LogP contribution in [0.4, 0.5) is 0 Å². The van der Waals surface area contributed by atoms with Gasteiger partial charge in [-0.3, -0.25) is 0 Å². The number of nitrogens with one attached hydrogen (secondary N) is 1. The van der Waals surface area contributed by atoms with Crippen LogP contribution in [-0.4, -0.2) is 19.7 Å². The van der Waals surface area contributed by atoms with E-state index in [-0.39, 0.29) is 5.38 Å². The molecule has 0 spiro atoms. The van der Waals surface area contributed by atoms with Gasteiger partial charge in [0.25, 0.3) is 0 Å². The second kappa shape index (κ2) is 5.68. The Kier molecular flexibility index (Phi) is 4.41. The van der Waals surface area contributed by atoms with E-state index in [0.29, 0.717) is 12.5 Å². The highest BCUT2D eigenvalue weighted by atomic mass is 35.5. The van der Waals surface area contributed by atoms with Crippen molar-refractivity contribution in [1.29, 1.82) is 0 Å². The number of hydrogen-bond acceptors (Lipinski definition) is 2. The lowest BCUT2D eigenvalue weighted by Gasteiger charge is -2.32. The number of benzene rings is 1. The summed E-state index contributed by atoms with van der Waals surface area (Å²) in [7, 11) is 0. The predicted molar refractivity (Wildman–Crippen MR) is 77.2 cm³/mol.